The summed E-state index contributed by atoms with van der Waals surface area (Å²) in [6.45, 7) is 6.75. The number of benzene rings is 1. The number of anilines is 1. The Morgan fingerprint density at radius 3 is 2.35 bits per heavy atom. The summed E-state index contributed by atoms with van der Waals surface area (Å²) < 4.78 is 12.0. The van der Waals surface area contributed by atoms with Gasteiger partial charge in [-0.25, -0.2) is 0 Å². The Morgan fingerprint density at radius 2 is 1.78 bits per heavy atom. The van der Waals surface area contributed by atoms with E-state index in [-0.39, 0.29) is 24.2 Å². The molecule has 7 heteroatoms. The molecule has 1 fully saturated rings. The van der Waals surface area contributed by atoms with Crippen LogP contribution in [0.1, 0.15) is 26.7 Å². The molecule has 0 radical (unpaired) electrons. The zero-order valence-corrected chi connectivity index (χ0v) is 15.9. The van der Waals surface area contributed by atoms with Gasteiger partial charge in [-0.15, -0.1) is 12.4 Å². The van der Waals surface area contributed by atoms with Crippen molar-refractivity contribution in [3.63, 3.8) is 0 Å². The standard InChI is InChI=1S/C16H23BrN2O3.ClH/c1-3-21-14-9-12(17)13(10-15(14)22-4-2)19-16(20)11-5-7-18-8-6-11;/h9-11,18H,3-8H2,1-2H3,(H,19,20);1H. The number of ether oxygens (including phenoxy) is 2. The molecule has 0 unspecified atom stereocenters. The number of rotatable bonds is 6. The molecule has 2 N–H and O–H groups in total. The fourth-order valence-electron chi connectivity index (χ4n) is 2.49. The highest BCUT2D eigenvalue weighted by Gasteiger charge is 2.22. The van der Waals surface area contributed by atoms with Crippen LogP contribution < -0.4 is 20.1 Å². The van der Waals surface area contributed by atoms with E-state index >= 15 is 0 Å². The Balaban J connectivity index is 0.00000264. The lowest BCUT2D eigenvalue weighted by Crippen LogP contribution is -2.34. The third-order valence-electron chi connectivity index (χ3n) is 3.60. The lowest BCUT2D eigenvalue weighted by molar-refractivity contribution is -0.120. The van der Waals surface area contributed by atoms with E-state index in [2.05, 4.69) is 26.6 Å². The molecule has 130 valence electrons. The van der Waals surface area contributed by atoms with Gasteiger partial charge in [-0.2, -0.15) is 0 Å². The molecule has 0 aromatic heterocycles. The minimum Gasteiger partial charge on any atom is -0.490 e. The predicted octanol–water partition coefficient (Wildman–Crippen LogP) is 3.61. The Morgan fingerprint density at radius 1 is 1.22 bits per heavy atom. The molecule has 1 saturated heterocycles. The molecule has 1 amide bonds. The van der Waals surface area contributed by atoms with Crippen molar-refractivity contribution in [2.24, 2.45) is 5.92 Å². The van der Waals surface area contributed by atoms with E-state index in [1.54, 1.807) is 0 Å². The minimum atomic E-state index is 0. The fourth-order valence-corrected chi connectivity index (χ4v) is 2.91. The van der Waals surface area contributed by atoms with Crippen molar-refractivity contribution in [2.75, 3.05) is 31.6 Å². The van der Waals surface area contributed by atoms with Crippen molar-refractivity contribution >= 4 is 39.9 Å². The number of nitrogens with one attached hydrogen (secondary N) is 2. The zero-order valence-electron chi connectivity index (χ0n) is 13.5. The first-order valence-electron chi connectivity index (χ1n) is 7.76. The molecular formula is C16H24BrClN2O3. The van der Waals surface area contributed by atoms with Gasteiger partial charge in [-0.1, -0.05) is 0 Å². The first kappa shape index (κ1) is 20.1. The number of carbonyl (C=O) groups is 1. The molecule has 1 heterocycles. The smallest absolute Gasteiger partial charge is 0.227 e. The van der Waals surface area contributed by atoms with E-state index in [9.17, 15) is 4.79 Å². The number of hydrogen-bond acceptors (Lipinski definition) is 4. The molecule has 0 bridgehead atoms. The van der Waals surface area contributed by atoms with Gasteiger partial charge in [0, 0.05) is 22.5 Å². The van der Waals surface area contributed by atoms with E-state index in [1.807, 2.05) is 26.0 Å². The Hall–Kier alpha value is -0.980. The predicted molar refractivity (Wildman–Crippen MR) is 98.0 cm³/mol. The van der Waals surface area contributed by atoms with Gasteiger partial charge < -0.3 is 20.1 Å². The molecule has 1 aromatic rings. The van der Waals surface area contributed by atoms with Crippen LogP contribution in [0.15, 0.2) is 16.6 Å². The molecule has 1 aliphatic rings. The highest BCUT2D eigenvalue weighted by molar-refractivity contribution is 9.10. The molecule has 23 heavy (non-hydrogen) atoms. The summed E-state index contributed by atoms with van der Waals surface area (Å²) in [6, 6.07) is 3.66. The number of carbonyl (C=O) groups excluding carboxylic acids is 1. The molecule has 0 spiro atoms. The number of amides is 1. The molecule has 5 nitrogen and oxygen atoms in total. The van der Waals surface area contributed by atoms with Gasteiger partial charge in [0.1, 0.15) is 0 Å². The van der Waals surface area contributed by atoms with Gasteiger partial charge in [-0.3, -0.25) is 4.79 Å². The molecular weight excluding hydrogens is 384 g/mol. The maximum atomic E-state index is 12.4. The molecule has 2 rings (SSSR count). The Labute approximate surface area is 152 Å². The molecule has 1 aliphatic heterocycles. The lowest BCUT2D eigenvalue weighted by Gasteiger charge is -2.22. The van der Waals surface area contributed by atoms with Crippen LogP contribution in [-0.4, -0.2) is 32.2 Å². The van der Waals surface area contributed by atoms with Gasteiger partial charge in [-0.05, 0) is 55.7 Å². The first-order valence-corrected chi connectivity index (χ1v) is 8.55. The van der Waals surface area contributed by atoms with Crippen LogP contribution in [0.25, 0.3) is 0 Å². The second kappa shape index (κ2) is 10.0. The number of piperidine rings is 1. The SMILES string of the molecule is CCOc1cc(Br)c(NC(=O)C2CCNCC2)cc1OCC.Cl. The largest absolute Gasteiger partial charge is 0.490 e. The van der Waals surface area contributed by atoms with Crippen LogP contribution in [0.3, 0.4) is 0 Å². The molecule has 0 atom stereocenters. The van der Waals surface area contributed by atoms with E-state index in [0.29, 0.717) is 24.7 Å². The highest BCUT2D eigenvalue weighted by Crippen LogP contribution is 2.37. The summed E-state index contributed by atoms with van der Waals surface area (Å²) in [5.41, 5.74) is 0.718. The van der Waals surface area contributed by atoms with Crippen molar-refractivity contribution < 1.29 is 14.3 Å². The topological polar surface area (TPSA) is 59.6 Å². The van der Waals surface area contributed by atoms with Gasteiger partial charge in [0.2, 0.25) is 5.91 Å². The van der Waals surface area contributed by atoms with Gasteiger partial charge >= 0.3 is 0 Å². The third-order valence-corrected chi connectivity index (χ3v) is 4.26. The summed E-state index contributed by atoms with van der Waals surface area (Å²) in [7, 11) is 0. The quantitative estimate of drug-likeness (QED) is 0.756. The summed E-state index contributed by atoms with van der Waals surface area (Å²) in [5, 5.41) is 6.27. The average molecular weight is 408 g/mol. The summed E-state index contributed by atoms with van der Waals surface area (Å²) in [6.07, 6.45) is 1.75. The minimum absolute atomic E-state index is 0. The van der Waals surface area contributed by atoms with Crippen LogP contribution in [0, 0.1) is 5.92 Å². The van der Waals surface area contributed by atoms with Crippen LogP contribution in [-0.2, 0) is 4.79 Å². The van der Waals surface area contributed by atoms with Crippen molar-refractivity contribution in [1.29, 1.82) is 0 Å². The summed E-state index contributed by atoms with van der Waals surface area (Å²) >= 11 is 3.49. The van der Waals surface area contributed by atoms with E-state index < -0.39 is 0 Å². The molecule has 1 aromatic carbocycles. The second-order valence-corrected chi connectivity index (χ2v) is 6.01. The highest BCUT2D eigenvalue weighted by atomic mass is 79.9. The summed E-state index contributed by atoms with van der Waals surface area (Å²) in [5.74, 6) is 1.45. The second-order valence-electron chi connectivity index (χ2n) is 5.16. The monoisotopic (exact) mass is 406 g/mol. The first-order chi connectivity index (χ1) is 10.7. The van der Waals surface area contributed by atoms with Gasteiger partial charge in [0.05, 0.1) is 18.9 Å². The van der Waals surface area contributed by atoms with Crippen molar-refractivity contribution in [3.05, 3.63) is 16.6 Å². The van der Waals surface area contributed by atoms with Crippen molar-refractivity contribution in [3.8, 4) is 11.5 Å². The Bertz CT molecular complexity index is 522. The fraction of sp³-hybridized carbons (Fsp3) is 0.562. The Kier molecular flexibility index (Phi) is 8.73. The normalized spacial score (nSPS) is 14.7. The van der Waals surface area contributed by atoms with Gasteiger partial charge in [0.15, 0.2) is 11.5 Å². The average Bonchev–Trinajstić information content (AvgIpc) is 2.53. The van der Waals surface area contributed by atoms with Gasteiger partial charge in [0.25, 0.3) is 0 Å². The van der Waals surface area contributed by atoms with E-state index in [4.69, 9.17) is 9.47 Å². The van der Waals surface area contributed by atoms with Crippen molar-refractivity contribution in [1.82, 2.24) is 5.32 Å². The van der Waals surface area contributed by atoms with Crippen LogP contribution in [0.2, 0.25) is 0 Å². The molecule has 0 saturated carbocycles. The molecule has 0 aliphatic carbocycles. The third kappa shape index (κ3) is 5.55. The maximum absolute atomic E-state index is 12.4. The van der Waals surface area contributed by atoms with Crippen LogP contribution in [0.5, 0.6) is 11.5 Å². The lowest BCUT2D eigenvalue weighted by atomic mass is 9.97. The summed E-state index contributed by atoms with van der Waals surface area (Å²) in [4.78, 5) is 12.4. The van der Waals surface area contributed by atoms with Crippen LogP contribution >= 0.6 is 28.3 Å². The van der Waals surface area contributed by atoms with Crippen LogP contribution in [0.4, 0.5) is 5.69 Å². The number of hydrogen-bond donors (Lipinski definition) is 2. The van der Waals surface area contributed by atoms with E-state index in [1.165, 1.54) is 0 Å². The van der Waals surface area contributed by atoms with E-state index in [0.717, 1.165) is 36.1 Å². The zero-order chi connectivity index (χ0) is 15.9. The van der Waals surface area contributed by atoms with Crippen molar-refractivity contribution in [2.45, 2.75) is 26.7 Å². The maximum Gasteiger partial charge on any atom is 0.227 e. The number of halogens is 2.